The van der Waals surface area contributed by atoms with Gasteiger partial charge in [-0.15, -0.1) is 5.10 Å². The summed E-state index contributed by atoms with van der Waals surface area (Å²) >= 11 is 0. The highest BCUT2D eigenvalue weighted by atomic mass is 16.5. The molecule has 0 spiro atoms. The number of hydrogen-bond acceptors (Lipinski definition) is 5. The van der Waals surface area contributed by atoms with Crippen LogP contribution in [0.25, 0.3) is 22.5 Å². The lowest BCUT2D eigenvalue weighted by Crippen LogP contribution is -1.93. The second kappa shape index (κ2) is 6.08. The number of aromatic nitrogens is 4. The lowest BCUT2D eigenvalue weighted by atomic mass is 10.0. The molecule has 1 N–H and O–H groups in total. The van der Waals surface area contributed by atoms with E-state index in [-0.39, 0.29) is 0 Å². The molecular weight excluding hydrogens is 292 g/mol. The van der Waals surface area contributed by atoms with Gasteiger partial charge in [-0.05, 0) is 43.2 Å². The first-order valence-corrected chi connectivity index (χ1v) is 7.21. The molecule has 0 saturated carbocycles. The van der Waals surface area contributed by atoms with E-state index in [1.807, 2.05) is 19.1 Å². The maximum absolute atomic E-state index is 5.45. The molecule has 0 radical (unpaired) electrons. The van der Waals surface area contributed by atoms with Crippen LogP contribution >= 0.6 is 0 Å². The average molecular weight is 310 g/mol. The van der Waals surface area contributed by atoms with Crippen LogP contribution in [0.15, 0.2) is 30.5 Å². The van der Waals surface area contributed by atoms with Crippen molar-refractivity contribution < 1.29 is 9.47 Å². The third-order valence-corrected chi connectivity index (χ3v) is 3.90. The van der Waals surface area contributed by atoms with Crippen LogP contribution in [0.2, 0.25) is 0 Å². The van der Waals surface area contributed by atoms with Crippen molar-refractivity contribution in [3.05, 3.63) is 41.6 Å². The van der Waals surface area contributed by atoms with Crippen molar-refractivity contribution in [2.24, 2.45) is 0 Å². The monoisotopic (exact) mass is 310 g/mol. The molecule has 0 aliphatic heterocycles. The molecule has 0 unspecified atom stereocenters. The number of H-pyrrole nitrogens is 1. The van der Waals surface area contributed by atoms with Crippen LogP contribution in [-0.4, -0.2) is 34.6 Å². The van der Waals surface area contributed by atoms with E-state index in [0.717, 1.165) is 39.4 Å². The van der Waals surface area contributed by atoms with Crippen molar-refractivity contribution >= 4 is 0 Å². The second-order valence-electron chi connectivity index (χ2n) is 5.25. The van der Waals surface area contributed by atoms with Crippen molar-refractivity contribution in [3.8, 4) is 34.1 Å². The molecule has 118 valence electrons. The Morgan fingerprint density at radius 2 is 1.83 bits per heavy atom. The Morgan fingerprint density at radius 3 is 2.48 bits per heavy atom. The maximum Gasteiger partial charge on any atom is 0.212 e. The summed E-state index contributed by atoms with van der Waals surface area (Å²) in [7, 11) is 3.26. The number of nitrogens with one attached hydrogen (secondary N) is 1. The molecule has 1 aromatic carbocycles. The van der Waals surface area contributed by atoms with Crippen molar-refractivity contribution in [1.29, 1.82) is 0 Å². The number of benzene rings is 1. The Labute approximate surface area is 134 Å². The van der Waals surface area contributed by atoms with Crippen LogP contribution in [0.3, 0.4) is 0 Å². The molecule has 6 heteroatoms. The van der Waals surface area contributed by atoms with Gasteiger partial charge >= 0.3 is 0 Å². The molecule has 2 aromatic heterocycles. The smallest absolute Gasteiger partial charge is 0.212 e. The minimum absolute atomic E-state index is 0.565. The van der Waals surface area contributed by atoms with Gasteiger partial charge in [0.1, 0.15) is 11.4 Å². The quantitative estimate of drug-likeness (QED) is 0.801. The van der Waals surface area contributed by atoms with E-state index in [4.69, 9.17) is 9.47 Å². The molecule has 0 fully saturated rings. The minimum Gasteiger partial charge on any atom is -0.496 e. The highest BCUT2D eigenvalue weighted by molar-refractivity contribution is 5.78. The Morgan fingerprint density at radius 1 is 1.00 bits per heavy atom. The van der Waals surface area contributed by atoms with E-state index in [2.05, 4.69) is 33.4 Å². The van der Waals surface area contributed by atoms with Gasteiger partial charge in [0, 0.05) is 23.4 Å². The molecule has 0 saturated heterocycles. The van der Waals surface area contributed by atoms with Crippen LogP contribution in [0.1, 0.15) is 11.1 Å². The maximum atomic E-state index is 5.45. The summed E-state index contributed by atoms with van der Waals surface area (Å²) in [6.07, 6.45) is 1.73. The number of ether oxygens (including phenoxy) is 2. The van der Waals surface area contributed by atoms with E-state index < -0.39 is 0 Å². The van der Waals surface area contributed by atoms with Crippen molar-refractivity contribution in [2.45, 2.75) is 13.8 Å². The van der Waals surface area contributed by atoms with Crippen LogP contribution < -0.4 is 9.47 Å². The number of aromatic amines is 1. The molecule has 0 atom stereocenters. The number of methoxy groups -OCH3 is 2. The standard InChI is InChI=1S/C17H18N4O2/c1-10-7-13(8-14(22-3)11(10)2)17-16(19-21-20-17)12-5-6-15(23-4)18-9-12/h5-9H,1-4H3,(H,19,20,21). The van der Waals surface area contributed by atoms with E-state index in [1.54, 1.807) is 26.5 Å². The molecule has 2 heterocycles. The Bertz CT molecular complexity index is 825. The van der Waals surface area contributed by atoms with Gasteiger partial charge in [-0.2, -0.15) is 0 Å². The zero-order chi connectivity index (χ0) is 16.4. The summed E-state index contributed by atoms with van der Waals surface area (Å²) in [5, 5.41) is 11.1. The summed E-state index contributed by atoms with van der Waals surface area (Å²) in [6.45, 7) is 4.09. The van der Waals surface area contributed by atoms with Crippen LogP contribution in [0.5, 0.6) is 11.6 Å². The fourth-order valence-electron chi connectivity index (χ4n) is 2.46. The third-order valence-electron chi connectivity index (χ3n) is 3.90. The van der Waals surface area contributed by atoms with Gasteiger partial charge in [0.05, 0.1) is 19.9 Å². The molecule has 23 heavy (non-hydrogen) atoms. The SMILES string of the molecule is COc1ccc(-c2[nH]nnc2-c2cc(C)c(C)c(OC)c2)cn1. The average Bonchev–Trinajstić information content (AvgIpc) is 3.07. The lowest BCUT2D eigenvalue weighted by Gasteiger charge is -2.10. The summed E-state index contributed by atoms with van der Waals surface area (Å²) in [5.74, 6) is 1.40. The second-order valence-corrected chi connectivity index (χ2v) is 5.25. The molecule has 0 aliphatic carbocycles. The molecule has 0 bridgehead atoms. The Kier molecular flexibility index (Phi) is 3.97. The first-order valence-electron chi connectivity index (χ1n) is 7.21. The zero-order valence-electron chi connectivity index (χ0n) is 13.5. The van der Waals surface area contributed by atoms with Gasteiger partial charge in [0.2, 0.25) is 5.88 Å². The number of aryl methyl sites for hydroxylation is 1. The first kappa shape index (κ1) is 15.0. The molecule has 0 aliphatic rings. The number of pyridine rings is 1. The van der Waals surface area contributed by atoms with Crippen LogP contribution in [-0.2, 0) is 0 Å². The van der Waals surface area contributed by atoms with Crippen molar-refractivity contribution in [3.63, 3.8) is 0 Å². The van der Waals surface area contributed by atoms with E-state index in [1.165, 1.54) is 0 Å². The predicted octanol–water partition coefficient (Wildman–Crippen LogP) is 3.17. The van der Waals surface area contributed by atoms with Crippen LogP contribution in [0.4, 0.5) is 0 Å². The van der Waals surface area contributed by atoms with Gasteiger partial charge in [0.15, 0.2) is 0 Å². The minimum atomic E-state index is 0.565. The third kappa shape index (κ3) is 2.75. The van der Waals surface area contributed by atoms with E-state index in [9.17, 15) is 0 Å². The lowest BCUT2D eigenvalue weighted by molar-refractivity contribution is 0.398. The molecule has 0 amide bonds. The van der Waals surface area contributed by atoms with Crippen molar-refractivity contribution in [2.75, 3.05) is 14.2 Å². The van der Waals surface area contributed by atoms with Gasteiger partial charge < -0.3 is 9.47 Å². The highest BCUT2D eigenvalue weighted by Crippen LogP contribution is 2.33. The predicted molar refractivity (Wildman–Crippen MR) is 87.6 cm³/mol. The summed E-state index contributed by atoms with van der Waals surface area (Å²) in [4.78, 5) is 4.23. The molecule has 6 nitrogen and oxygen atoms in total. The molecule has 3 aromatic rings. The Balaban J connectivity index is 2.09. The Hall–Kier alpha value is -2.89. The van der Waals surface area contributed by atoms with Crippen molar-refractivity contribution in [1.82, 2.24) is 20.4 Å². The normalized spacial score (nSPS) is 10.6. The highest BCUT2D eigenvalue weighted by Gasteiger charge is 2.15. The summed E-state index contributed by atoms with van der Waals surface area (Å²) in [6, 6.07) is 7.78. The van der Waals surface area contributed by atoms with Gasteiger partial charge in [-0.25, -0.2) is 4.98 Å². The largest absolute Gasteiger partial charge is 0.496 e. The molecular formula is C17H18N4O2. The van der Waals surface area contributed by atoms with Gasteiger partial charge in [-0.1, -0.05) is 5.21 Å². The first-order chi connectivity index (χ1) is 11.1. The number of nitrogens with zero attached hydrogens (tertiary/aromatic N) is 3. The number of hydrogen-bond donors (Lipinski definition) is 1. The topological polar surface area (TPSA) is 72.9 Å². The van der Waals surface area contributed by atoms with Crippen LogP contribution in [0, 0.1) is 13.8 Å². The van der Waals surface area contributed by atoms with Gasteiger partial charge in [0.25, 0.3) is 0 Å². The molecule has 3 rings (SSSR count). The van der Waals surface area contributed by atoms with E-state index in [0.29, 0.717) is 5.88 Å². The zero-order valence-corrected chi connectivity index (χ0v) is 13.5. The fourth-order valence-corrected chi connectivity index (χ4v) is 2.46. The number of rotatable bonds is 4. The fraction of sp³-hybridized carbons (Fsp3) is 0.235. The van der Waals surface area contributed by atoms with E-state index >= 15 is 0 Å². The summed E-state index contributed by atoms with van der Waals surface area (Å²) < 4.78 is 10.5. The van der Waals surface area contributed by atoms with Gasteiger partial charge in [-0.3, -0.25) is 5.10 Å². The summed E-state index contributed by atoms with van der Waals surface area (Å²) in [5.41, 5.74) is 5.67.